The number of carbonyl (C=O) groups is 2. The predicted octanol–water partition coefficient (Wildman–Crippen LogP) is 4.76. The number of nitrogens with zero attached hydrogens (tertiary/aromatic N) is 2. The van der Waals surface area contributed by atoms with Crippen molar-refractivity contribution in [3.63, 3.8) is 0 Å². The van der Waals surface area contributed by atoms with E-state index < -0.39 is 34.4 Å². The van der Waals surface area contributed by atoms with Gasteiger partial charge in [0, 0.05) is 29.2 Å². The molecule has 0 aliphatic heterocycles. The molecule has 3 aromatic carbocycles. The van der Waals surface area contributed by atoms with E-state index in [-0.39, 0.29) is 29.3 Å². The lowest BCUT2D eigenvalue weighted by Gasteiger charge is -2.33. The largest absolute Gasteiger partial charge is 0.497 e. The molecule has 0 fully saturated rings. The van der Waals surface area contributed by atoms with Crippen LogP contribution in [0.2, 0.25) is 10.0 Å². The van der Waals surface area contributed by atoms with Crippen molar-refractivity contribution in [3.05, 3.63) is 82.3 Å². The first-order chi connectivity index (χ1) is 19.1. The van der Waals surface area contributed by atoms with Gasteiger partial charge in [0.25, 0.3) is 10.0 Å². The van der Waals surface area contributed by atoms with E-state index in [4.69, 9.17) is 32.7 Å². The van der Waals surface area contributed by atoms with Gasteiger partial charge in [0.15, 0.2) is 0 Å². The topological polar surface area (TPSA) is 105 Å². The Kier molecular flexibility index (Phi) is 10.7. The minimum Gasteiger partial charge on any atom is -0.497 e. The fourth-order valence-electron chi connectivity index (χ4n) is 4.16. The van der Waals surface area contributed by atoms with E-state index in [2.05, 4.69) is 5.32 Å². The first kappa shape index (κ1) is 31.1. The molecule has 1 unspecified atom stereocenters. The molecule has 0 aliphatic rings. The highest BCUT2D eigenvalue weighted by atomic mass is 35.5. The van der Waals surface area contributed by atoms with Gasteiger partial charge in [-0.05, 0) is 55.0 Å². The van der Waals surface area contributed by atoms with E-state index in [0.717, 1.165) is 4.31 Å². The fourth-order valence-corrected chi connectivity index (χ4v) is 6.11. The number of likely N-dealkylation sites (N-methyl/N-ethyl adjacent to an activating group) is 1. The molecule has 12 heteroatoms. The molecule has 0 saturated heterocycles. The quantitative estimate of drug-likeness (QED) is 0.318. The number of ether oxygens (including phenoxy) is 2. The lowest BCUT2D eigenvalue weighted by Crippen LogP contribution is -2.51. The maximum absolute atomic E-state index is 14.0. The number of benzene rings is 3. The van der Waals surface area contributed by atoms with Crippen molar-refractivity contribution in [1.82, 2.24) is 10.2 Å². The Hall–Kier alpha value is -3.47. The van der Waals surface area contributed by atoms with E-state index in [1.165, 1.54) is 50.4 Å². The van der Waals surface area contributed by atoms with Gasteiger partial charge in [0.05, 0.1) is 24.8 Å². The van der Waals surface area contributed by atoms with Gasteiger partial charge in [0.2, 0.25) is 11.8 Å². The SMILES string of the molecule is CCC(C(=O)NC)N(Cc1c(Cl)cccc1Cl)C(=O)CN(c1ccccc1OC)S(=O)(=O)c1ccc(OC)cc1. The van der Waals surface area contributed by atoms with E-state index in [9.17, 15) is 18.0 Å². The molecule has 0 bridgehead atoms. The molecule has 1 N–H and O–H groups in total. The smallest absolute Gasteiger partial charge is 0.264 e. The summed E-state index contributed by atoms with van der Waals surface area (Å²) in [6.45, 7) is 0.996. The van der Waals surface area contributed by atoms with Crippen LogP contribution >= 0.6 is 23.2 Å². The summed E-state index contributed by atoms with van der Waals surface area (Å²) in [5.74, 6) is -0.347. The summed E-state index contributed by atoms with van der Waals surface area (Å²) >= 11 is 12.8. The average molecular weight is 609 g/mol. The van der Waals surface area contributed by atoms with Crippen LogP contribution in [-0.4, -0.2) is 59.0 Å². The van der Waals surface area contributed by atoms with Crippen molar-refractivity contribution in [3.8, 4) is 11.5 Å². The van der Waals surface area contributed by atoms with Gasteiger partial charge < -0.3 is 19.7 Å². The van der Waals surface area contributed by atoms with Crippen LogP contribution in [0.25, 0.3) is 0 Å². The molecule has 0 aliphatic carbocycles. The minimum absolute atomic E-state index is 0.0638. The van der Waals surface area contributed by atoms with Gasteiger partial charge in [-0.3, -0.25) is 13.9 Å². The van der Waals surface area contributed by atoms with Crippen molar-refractivity contribution >= 4 is 50.7 Å². The molecule has 1 atom stereocenters. The number of nitrogens with one attached hydrogen (secondary N) is 1. The molecule has 0 saturated carbocycles. The first-order valence-corrected chi connectivity index (χ1v) is 14.5. The van der Waals surface area contributed by atoms with Crippen LogP contribution < -0.4 is 19.1 Å². The third-order valence-electron chi connectivity index (χ3n) is 6.30. The Morgan fingerprint density at radius 1 is 0.925 bits per heavy atom. The van der Waals surface area contributed by atoms with Crippen LogP contribution in [0.3, 0.4) is 0 Å². The summed E-state index contributed by atoms with van der Waals surface area (Å²) in [6, 6.07) is 16.3. The molecular weight excluding hydrogens is 577 g/mol. The lowest BCUT2D eigenvalue weighted by atomic mass is 10.1. The van der Waals surface area contributed by atoms with E-state index in [1.807, 2.05) is 0 Å². The monoisotopic (exact) mass is 607 g/mol. The summed E-state index contributed by atoms with van der Waals surface area (Å²) in [7, 11) is 0.0515. The number of carbonyl (C=O) groups excluding carboxylic acids is 2. The molecule has 40 heavy (non-hydrogen) atoms. The van der Waals surface area contributed by atoms with Gasteiger partial charge >= 0.3 is 0 Å². The summed E-state index contributed by atoms with van der Waals surface area (Å²) < 4.78 is 39.5. The number of sulfonamides is 1. The standard InChI is InChI=1S/C28H31Cl2N3O6S/c1-5-24(28(35)31-2)32(17-21-22(29)9-8-10-23(21)30)27(34)18-33(25-11-6-7-12-26(25)39-4)40(36,37)20-15-13-19(38-3)14-16-20/h6-16,24H,5,17-18H2,1-4H3,(H,31,35). The number of anilines is 1. The molecule has 0 heterocycles. The molecule has 3 aromatic rings. The molecule has 2 amide bonds. The van der Waals surface area contributed by atoms with Crippen molar-refractivity contribution in [2.75, 3.05) is 32.1 Å². The Labute approximate surface area is 244 Å². The number of hydrogen-bond donors (Lipinski definition) is 1. The summed E-state index contributed by atoms with van der Waals surface area (Å²) in [5.41, 5.74) is 0.585. The Bertz CT molecular complexity index is 1430. The van der Waals surface area contributed by atoms with Crippen molar-refractivity contribution in [1.29, 1.82) is 0 Å². The highest BCUT2D eigenvalue weighted by Gasteiger charge is 2.35. The zero-order valence-corrected chi connectivity index (χ0v) is 24.9. The Balaban J connectivity index is 2.13. The van der Waals surface area contributed by atoms with Gasteiger partial charge in [-0.2, -0.15) is 0 Å². The number of methoxy groups -OCH3 is 2. The molecule has 0 spiro atoms. The van der Waals surface area contributed by atoms with Crippen LogP contribution in [0.4, 0.5) is 5.69 Å². The first-order valence-electron chi connectivity index (χ1n) is 12.3. The number of hydrogen-bond acceptors (Lipinski definition) is 6. The van der Waals surface area contributed by atoms with E-state index in [1.54, 1.807) is 49.4 Å². The van der Waals surface area contributed by atoms with Crippen LogP contribution in [0.1, 0.15) is 18.9 Å². The Morgan fingerprint density at radius 3 is 2.10 bits per heavy atom. The van der Waals surface area contributed by atoms with Gasteiger partial charge in [-0.1, -0.05) is 48.3 Å². The van der Waals surface area contributed by atoms with Crippen LogP contribution in [0.5, 0.6) is 11.5 Å². The number of para-hydroxylation sites is 2. The molecule has 214 valence electrons. The maximum Gasteiger partial charge on any atom is 0.264 e. The van der Waals surface area contributed by atoms with Gasteiger partial charge in [-0.15, -0.1) is 0 Å². The predicted molar refractivity (Wildman–Crippen MR) is 156 cm³/mol. The highest BCUT2D eigenvalue weighted by molar-refractivity contribution is 7.92. The van der Waals surface area contributed by atoms with E-state index in [0.29, 0.717) is 21.4 Å². The number of halogens is 2. The normalized spacial score (nSPS) is 11.8. The molecule has 9 nitrogen and oxygen atoms in total. The zero-order chi connectivity index (χ0) is 29.4. The number of amides is 2. The Morgan fingerprint density at radius 2 is 1.55 bits per heavy atom. The van der Waals surface area contributed by atoms with Gasteiger partial charge in [0.1, 0.15) is 24.1 Å². The minimum atomic E-state index is -4.29. The van der Waals surface area contributed by atoms with Crippen molar-refractivity contribution in [2.45, 2.75) is 30.8 Å². The second kappa shape index (κ2) is 13.7. The van der Waals surface area contributed by atoms with Gasteiger partial charge in [-0.25, -0.2) is 8.42 Å². The molecule has 0 aromatic heterocycles. The fraction of sp³-hybridized carbons (Fsp3) is 0.286. The molecular formula is C28H31Cl2N3O6S. The second-order valence-corrected chi connectivity index (χ2v) is 11.3. The highest BCUT2D eigenvalue weighted by Crippen LogP contribution is 2.33. The summed E-state index contributed by atoms with van der Waals surface area (Å²) in [6.07, 6.45) is 0.257. The van der Waals surface area contributed by atoms with Crippen LogP contribution in [-0.2, 0) is 26.2 Å². The van der Waals surface area contributed by atoms with Crippen molar-refractivity contribution < 1.29 is 27.5 Å². The molecule has 0 radical (unpaired) electrons. The molecule has 3 rings (SSSR count). The van der Waals surface area contributed by atoms with E-state index >= 15 is 0 Å². The zero-order valence-electron chi connectivity index (χ0n) is 22.6. The van der Waals surface area contributed by atoms with Crippen LogP contribution in [0, 0.1) is 0 Å². The third-order valence-corrected chi connectivity index (χ3v) is 8.78. The average Bonchev–Trinajstić information content (AvgIpc) is 2.96. The summed E-state index contributed by atoms with van der Waals surface area (Å²) in [5, 5.41) is 3.19. The summed E-state index contributed by atoms with van der Waals surface area (Å²) in [4.78, 5) is 28.1. The lowest BCUT2D eigenvalue weighted by molar-refractivity contribution is -0.140. The third kappa shape index (κ3) is 6.80. The van der Waals surface area contributed by atoms with Crippen LogP contribution in [0.15, 0.2) is 71.6 Å². The number of rotatable bonds is 12. The second-order valence-electron chi connectivity index (χ2n) is 8.62. The van der Waals surface area contributed by atoms with Crippen molar-refractivity contribution in [2.24, 2.45) is 0 Å². The maximum atomic E-state index is 14.0.